The maximum Gasteiger partial charge on any atom is 0.337 e. The highest BCUT2D eigenvalue weighted by Crippen LogP contribution is 2.02. The highest BCUT2D eigenvalue weighted by atomic mass is 16.4. The highest BCUT2D eigenvalue weighted by Gasteiger charge is 2.15. The third kappa shape index (κ3) is 9.15. The van der Waals surface area contributed by atoms with Crippen molar-refractivity contribution in [1.82, 2.24) is 10.3 Å². The van der Waals surface area contributed by atoms with Gasteiger partial charge in [0.05, 0.1) is 5.56 Å². The van der Waals surface area contributed by atoms with Crippen LogP contribution in [0.1, 0.15) is 37.0 Å². The van der Waals surface area contributed by atoms with Gasteiger partial charge in [0.1, 0.15) is 11.6 Å². The number of rotatable bonds is 2. The molecule has 1 aromatic heterocycles. The van der Waals surface area contributed by atoms with Crippen molar-refractivity contribution < 1.29 is 24.3 Å². The fourth-order valence-corrected chi connectivity index (χ4v) is 1.11. The number of aromatic carboxylic acids is 1. The third-order valence-corrected chi connectivity index (χ3v) is 2.02. The standard InChI is InChI=1S/C6H7N3O2.C4H5NO2.C3H6O/c7-9-5-2-1-4(3-8-5)6(10)11;6-3-1-2-4(7)5-3;1-3(2)4/h1-3H,7H2,(H,8,9)(H,10,11);1-2H2,(H,5,6,7);1-2H3. The molecule has 2 heterocycles. The molecule has 22 heavy (non-hydrogen) atoms. The van der Waals surface area contributed by atoms with Crippen LogP contribution in [0, 0.1) is 0 Å². The molecule has 120 valence electrons. The largest absolute Gasteiger partial charge is 0.478 e. The van der Waals surface area contributed by atoms with E-state index in [9.17, 15) is 19.2 Å². The molecular weight excluding hydrogens is 292 g/mol. The van der Waals surface area contributed by atoms with Gasteiger partial charge in [-0.15, -0.1) is 0 Å². The van der Waals surface area contributed by atoms with Gasteiger partial charge in [0.25, 0.3) is 0 Å². The molecule has 5 N–H and O–H groups in total. The van der Waals surface area contributed by atoms with E-state index in [1.54, 1.807) is 0 Å². The van der Waals surface area contributed by atoms with Crippen LogP contribution in [0.5, 0.6) is 0 Å². The third-order valence-electron chi connectivity index (χ3n) is 2.02. The first-order valence-electron chi connectivity index (χ1n) is 6.22. The molecule has 0 radical (unpaired) electrons. The molecule has 2 rings (SSSR count). The minimum atomic E-state index is -0.999. The summed E-state index contributed by atoms with van der Waals surface area (Å²) in [5.41, 5.74) is 2.43. The lowest BCUT2D eigenvalue weighted by atomic mass is 10.3. The maximum absolute atomic E-state index is 10.3. The highest BCUT2D eigenvalue weighted by molar-refractivity contribution is 6.01. The Morgan fingerprint density at radius 1 is 1.23 bits per heavy atom. The number of carboxylic acid groups (broad SMARTS) is 1. The van der Waals surface area contributed by atoms with Crippen LogP contribution >= 0.6 is 0 Å². The van der Waals surface area contributed by atoms with E-state index < -0.39 is 5.97 Å². The second-order valence-electron chi connectivity index (χ2n) is 4.26. The van der Waals surface area contributed by atoms with Crippen molar-refractivity contribution in [2.24, 2.45) is 5.84 Å². The van der Waals surface area contributed by atoms with Crippen LogP contribution < -0.4 is 16.6 Å². The van der Waals surface area contributed by atoms with Gasteiger partial charge in [-0.2, -0.15) is 0 Å². The average Bonchev–Trinajstić information content (AvgIpc) is 2.82. The van der Waals surface area contributed by atoms with Crippen LogP contribution in [0.3, 0.4) is 0 Å². The number of nitrogens with two attached hydrogens (primary N) is 1. The SMILES string of the molecule is CC(C)=O.NNc1ccc(C(=O)O)cn1.O=C1CCC(=O)N1. The first kappa shape index (κ1) is 19.2. The molecule has 0 unspecified atom stereocenters. The summed E-state index contributed by atoms with van der Waals surface area (Å²) < 4.78 is 0. The Bertz CT molecular complexity index is 524. The van der Waals surface area contributed by atoms with Crippen molar-refractivity contribution in [2.45, 2.75) is 26.7 Å². The molecule has 1 saturated heterocycles. The fourth-order valence-electron chi connectivity index (χ4n) is 1.11. The number of ketones is 1. The molecule has 9 nitrogen and oxygen atoms in total. The van der Waals surface area contributed by atoms with E-state index in [-0.39, 0.29) is 23.2 Å². The zero-order chi connectivity index (χ0) is 17.1. The number of carbonyl (C=O) groups excluding carboxylic acids is 3. The molecule has 9 heteroatoms. The zero-order valence-corrected chi connectivity index (χ0v) is 12.3. The predicted molar refractivity (Wildman–Crippen MR) is 77.7 cm³/mol. The average molecular weight is 310 g/mol. The number of pyridine rings is 1. The second-order valence-corrected chi connectivity index (χ2v) is 4.26. The molecule has 0 atom stereocenters. The van der Waals surface area contributed by atoms with Crippen LogP contribution in [-0.2, 0) is 14.4 Å². The number of nitrogens with one attached hydrogen (secondary N) is 2. The summed E-state index contributed by atoms with van der Waals surface area (Å²) in [6, 6.07) is 2.91. The molecule has 0 saturated carbocycles. The molecular formula is C13H18N4O5. The van der Waals surface area contributed by atoms with Crippen molar-refractivity contribution in [1.29, 1.82) is 0 Å². The Kier molecular flexibility index (Phi) is 8.72. The lowest BCUT2D eigenvalue weighted by Gasteiger charge is -1.97. The summed E-state index contributed by atoms with van der Waals surface area (Å²) in [5, 5.41) is 10.6. The Hall–Kier alpha value is -2.81. The summed E-state index contributed by atoms with van der Waals surface area (Å²) in [7, 11) is 0. The van der Waals surface area contributed by atoms with Crippen molar-refractivity contribution in [3.05, 3.63) is 23.9 Å². The molecule has 0 bridgehead atoms. The molecule has 1 aliphatic rings. The molecule has 1 aromatic rings. The van der Waals surface area contributed by atoms with Gasteiger partial charge in [-0.1, -0.05) is 0 Å². The number of anilines is 1. The van der Waals surface area contributed by atoms with E-state index in [2.05, 4.69) is 15.7 Å². The Morgan fingerprint density at radius 3 is 1.95 bits per heavy atom. The minimum absolute atomic E-state index is 0.143. The van der Waals surface area contributed by atoms with Gasteiger partial charge in [0.2, 0.25) is 11.8 Å². The number of Topliss-reactive ketones (excluding diaryl/α,β-unsaturated/α-hetero) is 1. The van der Waals surface area contributed by atoms with Crippen LogP contribution in [0.4, 0.5) is 5.82 Å². The number of nitrogens with zero attached hydrogens (tertiary/aromatic N) is 1. The molecule has 0 aliphatic carbocycles. The van der Waals surface area contributed by atoms with Crippen molar-refractivity contribution >= 4 is 29.4 Å². The second kappa shape index (κ2) is 10.00. The number of hydrogen-bond acceptors (Lipinski definition) is 7. The van der Waals surface area contributed by atoms with Crippen LogP contribution in [-0.4, -0.2) is 33.7 Å². The Labute approximate surface area is 126 Å². The normalized spacial score (nSPS) is 12.1. The van der Waals surface area contributed by atoms with Gasteiger partial charge in [-0.05, 0) is 26.0 Å². The van der Waals surface area contributed by atoms with Crippen LogP contribution in [0.2, 0.25) is 0 Å². The molecule has 0 spiro atoms. The summed E-state index contributed by atoms with van der Waals surface area (Å²) in [6.07, 6.45) is 1.98. The zero-order valence-electron chi connectivity index (χ0n) is 12.3. The summed E-state index contributed by atoms with van der Waals surface area (Å²) in [6.45, 7) is 3.06. The summed E-state index contributed by atoms with van der Waals surface area (Å²) >= 11 is 0. The van der Waals surface area contributed by atoms with Gasteiger partial charge in [-0.25, -0.2) is 15.6 Å². The number of amides is 2. The molecule has 1 fully saturated rings. The molecule has 1 aliphatic heterocycles. The van der Waals surface area contributed by atoms with E-state index in [0.717, 1.165) is 0 Å². The Morgan fingerprint density at radius 2 is 1.73 bits per heavy atom. The number of carbonyl (C=O) groups is 4. The van der Waals surface area contributed by atoms with Crippen molar-refractivity contribution in [3.63, 3.8) is 0 Å². The van der Waals surface area contributed by atoms with Gasteiger partial charge < -0.3 is 15.3 Å². The van der Waals surface area contributed by atoms with E-state index in [4.69, 9.17) is 10.9 Å². The lowest BCUT2D eigenvalue weighted by Crippen LogP contribution is -2.18. The molecule has 2 amide bonds. The van der Waals surface area contributed by atoms with Crippen LogP contribution in [0.15, 0.2) is 18.3 Å². The molecule has 0 aromatic carbocycles. The minimum Gasteiger partial charge on any atom is -0.478 e. The van der Waals surface area contributed by atoms with Gasteiger partial charge in [0.15, 0.2) is 0 Å². The van der Waals surface area contributed by atoms with Gasteiger partial charge >= 0.3 is 5.97 Å². The van der Waals surface area contributed by atoms with E-state index in [1.807, 2.05) is 0 Å². The van der Waals surface area contributed by atoms with E-state index in [0.29, 0.717) is 18.7 Å². The number of carboxylic acids is 1. The van der Waals surface area contributed by atoms with E-state index >= 15 is 0 Å². The van der Waals surface area contributed by atoms with E-state index in [1.165, 1.54) is 32.2 Å². The summed E-state index contributed by atoms with van der Waals surface area (Å²) in [5.74, 6) is 4.33. The number of imide groups is 1. The van der Waals surface area contributed by atoms with Gasteiger partial charge in [0, 0.05) is 19.0 Å². The maximum atomic E-state index is 10.3. The topological polar surface area (TPSA) is 151 Å². The fraction of sp³-hybridized carbons (Fsp3) is 0.308. The van der Waals surface area contributed by atoms with Crippen LogP contribution in [0.25, 0.3) is 0 Å². The quantitative estimate of drug-likeness (QED) is 0.340. The smallest absolute Gasteiger partial charge is 0.337 e. The van der Waals surface area contributed by atoms with Crippen molar-refractivity contribution in [2.75, 3.05) is 5.43 Å². The number of nitrogen functional groups attached to an aromatic ring is 1. The lowest BCUT2D eigenvalue weighted by molar-refractivity contribution is -0.124. The Balaban J connectivity index is 0.000000343. The summed E-state index contributed by atoms with van der Waals surface area (Å²) in [4.78, 5) is 43.7. The first-order chi connectivity index (χ1) is 10.3. The van der Waals surface area contributed by atoms with Crippen molar-refractivity contribution in [3.8, 4) is 0 Å². The monoisotopic (exact) mass is 310 g/mol. The number of hydrazine groups is 1. The predicted octanol–water partition coefficient (Wildman–Crippen LogP) is 0.0837. The number of aromatic nitrogens is 1. The van der Waals surface area contributed by atoms with Gasteiger partial charge in [-0.3, -0.25) is 14.9 Å². The first-order valence-corrected chi connectivity index (χ1v) is 6.22. The number of hydrogen-bond donors (Lipinski definition) is 4.